The number of aliphatic hydroxyl groups excluding tert-OH is 2. The van der Waals surface area contributed by atoms with E-state index < -0.39 is 6.10 Å². The zero-order valence-electron chi connectivity index (χ0n) is 14.9. The third kappa shape index (κ3) is 3.03. The van der Waals surface area contributed by atoms with Gasteiger partial charge in [-0.15, -0.1) is 0 Å². The number of carbonyl (C=O) groups excluding carboxylic acids is 1. The minimum absolute atomic E-state index is 0.0388. The summed E-state index contributed by atoms with van der Waals surface area (Å²) in [5.74, 6) is -0.272. The first-order valence-electron chi connectivity index (χ1n) is 9.24. The molecule has 8 nitrogen and oxygen atoms in total. The summed E-state index contributed by atoms with van der Waals surface area (Å²) in [5, 5.41) is 19.7. The zero-order valence-corrected chi connectivity index (χ0v) is 14.9. The lowest BCUT2D eigenvalue weighted by Gasteiger charge is -2.56. The van der Waals surface area contributed by atoms with Crippen molar-refractivity contribution in [2.45, 2.75) is 31.5 Å². The van der Waals surface area contributed by atoms with Gasteiger partial charge in [0.2, 0.25) is 0 Å². The summed E-state index contributed by atoms with van der Waals surface area (Å²) in [5.41, 5.74) is -0.190. The van der Waals surface area contributed by atoms with Gasteiger partial charge in [0.25, 0.3) is 11.5 Å². The molecule has 1 spiro atoms. The summed E-state index contributed by atoms with van der Waals surface area (Å²) in [6.45, 7) is 1.13. The molecule has 8 heteroatoms. The molecule has 2 aliphatic rings. The van der Waals surface area contributed by atoms with E-state index in [0.29, 0.717) is 43.3 Å². The van der Waals surface area contributed by atoms with E-state index in [4.69, 9.17) is 9.84 Å². The Labute approximate surface area is 155 Å². The first-order chi connectivity index (χ1) is 13.0. The second kappa shape index (κ2) is 7.03. The normalized spacial score (nSPS) is 24.1. The van der Waals surface area contributed by atoms with Crippen molar-refractivity contribution in [2.24, 2.45) is 5.41 Å². The topological polar surface area (TPSA) is 116 Å². The van der Waals surface area contributed by atoms with E-state index in [1.807, 2.05) is 0 Å². The number of rotatable bonds is 4. The van der Waals surface area contributed by atoms with Crippen LogP contribution in [0.2, 0.25) is 0 Å². The molecule has 1 aliphatic heterocycles. The van der Waals surface area contributed by atoms with Crippen molar-refractivity contribution >= 4 is 16.8 Å². The number of nitrogens with one attached hydrogen (secondary N) is 1. The van der Waals surface area contributed by atoms with Crippen LogP contribution in [0.3, 0.4) is 0 Å². The first-order valence-corrected chi connectivity index (χ1v) is 9.24. The minimum atomic E-state index is -0.447. The Hall–Kier alpha value is -2.29. The van der Waals surface area contributed by atoms with Crippen LogP contribution in [-0.2, 0) is 4.74 Å². The molecule has 2 fully saturated rings. The van der Waals surface area contributed by atoms with Crippen molar-refractivity contribution in [3.05, 3.63) is 40.4 Å². The Bertz CT molecular complexity index is 904. The molecule has 144 valence electrons. The number of piperidine rings is 1. The molecule has 1 amide bonds. The Balaban J connectivity index is 1.48. The average Bonchev–Trinajstić information content (AvgIpc) is 2.70. The molecule has 4 rings (SSSR count). The molecule has 3 N–H and O–H groups in total. The van der Waals surface area contributed by atoms with E-state index in [9.17, 15) is 14.7 Å². The molecule has 27 heavy (non-hydrogen) atoms. The van der Waals surface area contributed by atoms with Crippen LogP contribution in [0.15, 0.2) is 29.1 Å². The van der Waals surface area contributed by atoms with E-state index in [0.717, 1.165) is 0 Å². The van der Waals surface area contributed by atoms with Crippen LogP contribution in [0.1, 0.15) is 29.9 Å². The van der Waals surface area contributed by atoms with Gasteiger partial charge in [0.05, 0.1) is 36.3 Å². The number of ether oxygens (including phenoxy) is 1. The number of H-pyrrole nitrogens is 1. The van der Waals surface area contributed by atoms with Crippen molar-refractivity contribution in [1.29, 1.82) is 0 Å². The largest absolute Gasteiger partial charge is 0.394 e. The van der Waals surface area contributed by atoms with Crippen LogP contribution in [-0.4, -0.2) is 69.5 Å². The maximum absolute atomic E-state index is 12.8. The van der Waals surface area contributed by atoms with Gasteiger partial charge in [-0.05, 0) is 25.0 Å². The lowest BCUT2D eigenvalue weighted by molar-refractivity contribution is -0.211. The Morgan fingerprint density at radius 3 is 2.78 bits per heavy atom. The van der Waals surface area contributed by atoms with Crippen molar-refractivity contribution in [3.8, 4) is 0 Å². The van der Waals surface area contributed by atoms with Crippen molar-refractivity contribution in [2.75, 3.05) is 26.3 Å². The van der Waals surface area contributed by atoms with E-state index in [2.05, 4.69) is 9.97 Å². The van der Waals surface area contributed by atoms with Crippen LogP contribution in [0.25, 0.3) is 10.9 Å². The highest BCUT2D eigenvalue weighted by molar-refractivity contribution is 5.92. The number of hydrogen-bond donors (Lipinski definition) is 3. The summed E-state index contributed by atoms with van der Waals surface area (Å²) < 4.78 is 5.66. The summed E-state index contributed by atoms with van der Waals surface area (Å²) in [7, 11) is 0. The highest BCUT2D eigenvalue weighted by Gasteiger charge is 2.56. The number of para-hydroxylation sites is 1. The van der Waals surface area contributed by atoms with Crippen molar-refractivity contribution in [1.82, 2.24) is 14.9 Å². The molecule has 1 aromatic carbocycles. The van der Waals surface area contributed by atoms with Crippen LogP contribution in [0, 0.1) is 5.41 Å². The molecule has 2 aromatic rings. The molecule has 1 saturated carbocycles. The first kappa shape index (κ1) is 18.1. The molecule has 1 aromatic heterocycles. The van der Waals surface area contributed by atoms with Crippen molar-refractivity contribution < 1.29 is 19.7 Å². The second-order valence-electron chi connectivity index (χ2n) is 7.29. The van der Waals surface area contributed by atoms with Crippen LogP contribution in [0.5, 0.6) is 0 Å². The molecule has 1 aliphatic carbocycles. The number of aromatic nitrogens is 2. The van der Waals surface area contributed by atoms with Crippen LogP contribution >= 0.6 is 0 Å². The zero-order chi connectivity index (χ0) is 19.0. The SMILES string of the molecule is O=C(c1nc2ccccc2c(=O)[nH]1)N1CCC2(CC1)[C@H](O)C[C@@H]2OCCO. The average molecular weight is 373 g/mol. The number of likely N-dealkylation sites (tertiary alicyclic amines) is 1. The second-order valence-corrected chi connectivity index (χ2v) is 7.29. The fraction of sp³-hybridized carbons (Fsp3) is 0.526. The van der Waals surface area contributed by atoms with E-state index in [1.165, 1.54) is 0 Å². The summed E-state index contributed by atoms with van der Waals surface area (Å²) in [6.07, 6.45) is 1.27. The standard InChI is InChI=1S/C19H23N3O5/c23-9-10-27-15-11-14(24)19(15)5-7-22(8-6-19)18(26)16-20-13-4-2-1-3-12(13)17(25)21-16/h1-4,14-15,23-24H,5-11H2,(H,20,21,25)/t14-,15+/m1/s1. The number of aromatic amines is 1. The smallest absolute Gasteiger partial charge is 0.289 e. The molecule has 1 saturated heterocycles. The number of amides is 1. The number of aliphatic hydroxyl groups is 2. The maximum Gasteiger partial charge on any atom is 0.289 e. The van der Waals surface area contributed by atoms with Gasteiger partial charge in [0.1, 0.15) is 0 Å². The number of benzene rings is 1. The fourth-order valence-electron chi connectivity index (χ4n) is 4.27. The third-order valence-electron chi connectivity index (χ3n) is 5.95. The van der Waals surface area contributed by atoms with Gasteiger partial charge in [-0.25, -0.2) is 4.98 Å². The van der Waals surface area contributed by atoms with E-state index in [-0.39, 0.29) is 42.0 Å². The van der Waals surface area contributed by atoms with Crippen LogP contribution < -0.4 is 5.56 Å². The fourth-order valence-corrected chi connectivity index (χ4v) is 4.27. The minimum Gasteiger partial charge on any atom is -0.394 e. The predicted octanol–water partition coefficient (Wildman–Crippen LogP) is 0.288. The summed E-state index contributed by atoms with van der Waals surface area (Å²) in [4.78, 5) is 33.6. The quantitative estimate of drug-likeness (QED) is 0.709. The Morgan fingerprint density at radius 2 is 2.07 bits per heavy atom. The molecule has 0 unspecified atom stereocenters. The summed E-state index contributed by atoms with van der Waals surface area (Å²) in [6, 6.07) is 6.91. The number of carbonyl (C=O) groups is 1. The van der Waals surface area contributed by atoms with Gasteiger partial charge >= 0.3 is 0 Å². The highest BCUT2D eigenvalue weighted by Crippen LogP contribution is 2.51. The molecular weight excluding hydrogens is 350 g/mol. The molecule has 2 heterocycles. The van der Waals surface area contributed by atoms with E-state index >= 15 is 0 Å². The van der Waals surface area contributed by atoms with Crippen molar-refractivity contribution in [3.63, 3.8) is 0 Å². The number of nitrogens with zero attached hydrogens (tertiary/aromatic N) is 2. The monoisotopic (exact) mass is 373 g/mol. The van der Waals surface area contributed by atoms with Gasteiger partial charge in [0.15, 0.2) is 5.82 Å². The lowest BCUT2D eigenvalue weighted by Crippen LogP contribution is -2.63. The van der Waals surface area contributed by atoms with Gasteiger partial charge in [-0.3, -0.25) is 9.59 Å². The van der Waals surface area contributed by atoms with Crippen LogP contribution in [0.4, 0.5) is 0 Å². The lowest BCUT2D eigenvalue weighted by atomic mass is 9.58. The van der Waals surface area contributed by atoms with Gasteiger partial charge in [-0.2, -0.15) is 0 Å². The number of hydrogen-bond acceptors (Lipinski definition) is 6. The molecule has 0 bridgehead atoms. The maximum atomic E-state index is 12.8. The van der Waals surface area contributed by atoms with Gasteiger partial charge in [-0.1, -0.05) is 12.1 Å². The number of fused-ring (bicyclic) bond motifs is 1. The van der Waals surface area contributed by atoms with E-state index in [1.54, 1.807) is 29.2 Å². The third-order valence-corrected chi connectivity index (χ3v) is 5.95. The predicted molar refractivity (Wildman–Crippen MR) is 97.4 cm³/mol. The molecule has 0 radical (unpaired) electrons. The molecule has 2 atom stereocenters. The Kier molecular flexibility index (Phi) is 4.71. The molecular formula is C19H23N3O5. The van der Waals surface area contributed by atoms with Gasteiger partial charge < -0.3 is 24.8 Å². The highest BCUT2D eigenvalue weighted by atomic mass is 16.5. The van der Waals surface area contributed by atoms with Gasteiger partial charge in [0, 0.05) is 24.9 Å². The summed E-state index contributed by atoms with van der Waals surface area (Å²) >= 11 is 0. The Morgan fingerprint density at radius 1 is 1.33 bits per heavy atom.